The molecular formula is C8H11N5OS. The van der Waals surface area contributed by atoms with Gasteiger partial charge in [-0.3, -0.25) is 0 Å². The lowest BCUT2D eigenvalue weighted by molar-refractivity contribution is 0.0492. The van der Waals surface area contributed by atoms with Crippen LogP contribution in [0.1, 0.15) is 24.0 Å². The molecule has 0 amide bonds. The summed E-state index contributed by atoms with van der Waals surface area (Å²) in [5.41, 5.74) is 5.56. The first kappa shape index (κ1) is 9.20. The number of nitrogens with zero attached hydrogens (tertiary/aromatic N) is 4. The molecular weight excluding hydrogens is 214 g/mol. The van der Waals surface area contributed by atoms with Gasteiger partial charge in [0.15, 0.2) is 0 Å². The fourth-order valence-corrected chi connectivity index (χ4v) is 2.66. The Morgan fingerprint density at radius 2 is 2.53 bits per heavy atom. The highest BCUT2D eigenvalue weighted by atomic mass is 32.1. The van der Waals surface area contributed by atoms with Crippen molar-refractivity contribution >= 4 is 16.3 Å². The molecule has 1 aliphatic rings. The van der Waals surface area contributed by atoms with Crippen LogP contribution in [-0.4, -0.2) is 32.5 Å². The number of ether oxygens (including phenoxy) is 1. The molecule has 0 aromatic carbocycles. The molecule has 0 spiro atoms. The van der Waals surface area contributed by atoms with Crippen LogP contribution in [0.25, 0.3) is 4.96 Å². The minimum Gasteiger partial charge on any atom is -0.366 e. The van der Waals surface area contributed by atoms with E-state index in [1.807, 2.05) is 0 Å². The van der Waals surface area contributed by atoms with Gasteiger partial charge in [0.25, 0.3) is 0 Å². The van der Waals surface area contributed by atoms with Crippen LogP contribution in [0.2, 0.25) is 0 Å². The Morgan fingerprint density at radius 1 is 1.60 bits per heavy atom. The molecule has 2 atom stereocenters. The van der Waals surface area contributed by atoms with Crippen LogP contribution in [0.4, 0.5) is 0 Å². The average Bonchev–Trinajstić information content (AvgIpc) is 2.91. The Labute approximate surface area is 90.1 Å². The van der Waals surface area contributed by atoms with Crippen LogP contribution >= 0.6 is 11.3 Å². The predicted octanol–water partition coefficient (Wildman–Crippen LogP) is 0.365. The fraction of sp³-hybridized carbons (Fsp3) is 0.625. The molecule has 0 aliphatic carbocycles. The van der Waals surface area contributed by atoms with Crippen LogP contribution in [0.15, 0.2) is 6.33 Å². The van der Waals surface area contributed by atoms with Crippen molar-refractivity contribution in [2.45, 2.75) is 25.0 Å². The zero-order chi connectivity index (χ0) is 10.3. The summed E-state index contributed by atoms with van der Waals surface area (Å²) in [6, 6.07) is 0. The van der Waals surface area contributed by atoms with Crippen LogP contribution in [0.5, 0.6) is 0 Å². The average molecular weight is 225 g/mol. The molecule has 2 aromatic rings. The first-order valence-corrected chi connectivity index (χ1v) is 5.71. The largest absolute Gasteiger partial charge is 0.366 e. The smallest absolute Gasteiger partial charge is 0.234 e. The van der Waals surface area contributed by atoms with E-state index in [1.165, 1.54) is 11.3 Å². The van der Waals surface area contributed by atoms with Gasteiger partial charge < -0.3 is 10.5 Å². The zero-order valence-electron chi connectivity index (χ0n) is 8.04. The van der Waals surface area contributed by atoms with Gasteiger partial charge in [-0.1, -0.05) is 11.3 Å². The third-order valence-corrected chi connectivity index (χ3v) is 3.55. The lowest BCUT2D eigenvalue weighted by atomic mass is 10.2. The standard InChI is InChI=1S/C8H11N5OS/c9-3-5-1-2-6(14-5)7-12-13-4-10-11-8(13)15-7/h4-6H,1-3,9H2. The van der Waals surface area contributed by atoms with E-state index in [-0.39, 0.29) is 12.2 Å². The number of fused-ring (bicyclic) bond motifs is 1. The van der Waals surface area contributed by atoms with Crippen molar-refractivity contribution in [2.24, 2.45) is 5.73 Å². The number of rotatable bonds is 2. The highest BCUT2D eigenvalue weighted by Crippen LogP contribution is 2.34. The molecule has 3 heterocycles. The minimum atomic E-state index is 0.0882. The third-order valence-electron chi connectivity index (χ3n) is 2.55. The lowest BCUT2D eigenvalue weighted by Crippen LogP contribution is -2.18. The summed E-state index contributed by atoms with van der Waals surface area (Å²) >= 11 is 1.53. The molecule has 1 aliphatic heterocycles. The van der Waals surface area contributed by atoms with Crippen molar-refractivity contribution in [3.63, 3.8) is 0 Å². The molecule has 15 heavy (non-hydrogen) atoms. The molecule has 2 aromatic heterocycles. The van der Waals surface area contributed by atoms with Crippen molar-refractivity contribution in [3.05, 3.63) is 11.3 Å². The highest BCUT2D eigenvalue weighted by Gasteiger charge is 2.28. The highest BCUT2D eigenvalue weighted by molar-refractivity contribution is 7.16. The molecule has 2 N–H and O–H groups in total. The maximum atomic E-state index is 5.76. The monoisotopic (exact) mass is 225 g/mol. The molecule has 1 fully saturated rings. The second kappa shape index (κ2) is 3.51. The number of aromatic nitrogens is 4. The number of hydrogen-bond donors (Lipinski definition) is 1. The zero-order valence-corrected chi connectivity index (χ0v) is 8.85. The van der Waals surface area contributed by atoms with Crippen molar-refractivity contribution in [2.75, 3.05) is 6.54 Å². The van der Waals surface area contributed by atoms with E-state index in [2.05, 4.69) is 15.3 Å². The van der Waals surface area contributed by atoms with Crippen molar-refractivity contribution in [1.82, 2.24) is 19.8 Å². The predicted molar refractivity (Wildman–Crippen MR) is 54.6 cm³/mol. The van der Waals surface area contributed by atoms with Crippen LogP contribution in [-0.2, 0) is 4.74 Å². The summed E-state index contributed by atoms with van der Waals surface area (Å²) in [4.78, 5) is 0.810. The molecule has 80 valence electrons. The van der Waals surface area contributed by atoms with Gasteiger partial charge >= 0.3 is 0 Å². The van der Waals surface area contributed by atoms with Gasteiger partial charge in [0.05, 0.1) is 6.10 Å². The first-order valence-electron chi connectivity index (χ1n) is 4.89. The van der Waals surface area contributed by atoms with Crippen LogP contribution in [0.3, 0.4) is 0 Å². The van der Waals surface area contributed by atoms with Crippen molar-refractivity contribution in [1.29, 1.82) is 0 Å². The Morgan fingerprint density at radius 3 is 3.27 bits per heavy atom. The number of nitrogens with two attached hydrogens (primary N) is 1. The van der Waals surface area contributed by atoms with E-state index < -0.39 is 0 Å². The Kier molecular flexibility index (Phi) is 2.15. The van der Waals surface area contributed by atoms with E-state index >= 15 is 0 Å². The summed E-state index contributed by atoms with van der Waals surface area (Å²) in [6.07, 6.45) is 3.88. The van der Waals surface area contributed by atoms with Gasteiger partial charge in [-0.05, 0) is 12.8 Å². The molecule has 3 rings (SSSR count). The van der Waals surface area contributed by atoms with Gasteiger partial charge in [0.1, 0.15) is 17.4 Å². The van der Waals surface area contributed by atoms with Gasteiger partial charge in [-0.15, -0.1) is 10.2 Å². The van der Waals surface area contributed by atoms with E-state index in [0.29, 0.717) is 6.54 Å². The van der Waals surface area contributed by atoms with E-state index in [0.717, 1.165) is 22.8 Å². The van der Waals surface area contributed by atoms with Crippen LogP contribution in [0, 0.1) is 0 Å². The summed E-state index contributed by atoms with van der Waals surface area (Å²) in [5.74, 6) is 0. The van der Waals surface area contributed by atoms with Gasteiger partial charge in [-0.2, -0.15) is 9.61 Å². The molecule has 1 saturated heterocycles. The van der Waals surface area contributed by atoms with Gasteiger partial charge in [0, 0.05) is 6.54 Å². The van der Waals surface area contributed by atoms with Gasteiger partial charge in [0.2, 0.25) is 4.96 Å². The summed E-state index contributed by atoms with van der Waals surface area (Å²) in [5, 5.41) is 13.0. The maximum absolute atomic E-state index is 5.76. The molecule has 2 unspecified atom stereocenters. The second-order valence-corrected chi connectivity index (χ2v) is 4.55. The topological polar surface area (TPSA) is 78.3 Å². The fourth-order valence-electron chi connectivity index (χ4n) is 1.77. The van der Waals surface area contributed by atoms with E-state index in [1.54, 1.807) is 10.8 Å². The maximum Gasteiger partial charge on any atom is 0.234 e. The van der Waals surface area contributed by atoms with E-state index in [9.17, 15) is 0 Å². The Bertz CT molecular complexity index is 438. The van der Waals surface area contributed by atoms with Crippen molar-refractivity contribution in [3.8, 4) is 0 Å². The van der Waals surface area contributed by atoms with Crippen LogP contribution < -0.4 is 5.73 Å². The first-order chi connectivity index (χ1) is 7.36. The second-order valence-electron chi connectivity index (χ2n) is 3.56. The van der Waals surface area contributed by atoms with E-state index in [4.69, 9.17) is 10.5 Å². The Balaban J connectivity index is 1.85. The third kappa shape index (κ3) is 1.52. The summed E-state index contributed by atoms with van der Waals surface area (Å²) < 4.78 is 7.44. The quantitative estimate of drug-likeness (QED) is 0.798. The normalized spacial score (nSPS) is 26.5. The SMILES string of the molecule is NCC1CCC(c2nn3cnnc3s2)O1. The van der Waals surface area contributed by atoms with Gasteiger partial charge in [-0.25, -0.2) is 0 Å². The molecule has 0 saturated carbocycles. The minimum absolute atomic E-state index is 0.0882. The lowest BCUT2D eigenvalue weighted by Gasteiger charge is -2.08. The molecule has 0 bridgehead atoms. The summed E-state index contributed by atoms with van der Waals surface area (Å²) in [7, 11) is 0. The number of hydrogen-bond acceptors (Lipinski definition) is 6. The molecule has 0 radical (unpaired) electrons. The molecule has 6 nitrogen and oxygen atoms in total. The Hall–Kier alpha value is -1.05. The molecule has 7 heteroatoms. The summed E-state index contributed by atoms with van der Waals surface area (Å²) in [6.45, 7) is 0.584. The van der Waals surface area contributed by atoms with Crippen molar-refractivity contribution < 1.29 is 4.74 Å².